The van der Waals surface area contributed by atoms with E-state index in [0.29, 0.717) is 25.4 Å². The van der Waals surface area contributed by atoms with Gasteiger partial charge < -0.3 is 30.8 Å². The largest absolute Gasteiger partial charge is 0.396 e. The third-order valence-corrected chi connectivity index (χ3v) is 7.09. The average Bonchev–Trinajstić information content (AvgIpc) is 2.94. The molecule has 0 aliphatic carbocycles. The molecule has 0 atom stereocenters. The fourth-order valence-corrected chi connectivity index (χ4v) is 4.90. The fraction of sp³-hybridized carbons (Fsp3) is 0.438. The number of hydrazine groups is 1. The lowest BCUT2D eigenvalue weighted by atomic mass is 9.95. The van der Waals surface area contributed by atoms with Crippen LogP contribution in [0.4, 0.5) is 5.69 Å². The Kier molecular flexibility index (Phi) is 12.4. The van der Waals surface area contributed by atoms with Crippen LogP contribution in [0.5, 0.6) is 0 Å². The van der Waals surface area contributed by atoms with Crippen LogP contribution < -0.4 is 21.8 Å². The number of fused-ring (bicyclic) bond motifs is 2. The Morgan fingerprint density at radius 2 is 1.72 bits per heavy atom. The second-order valence-corrected chi connectivity index (χ2v) is 10.1. The number of allylic oxidation sites excluding steroid dienone is 2. The SMILES string of the molecule is C=C(CCC(=C)N1Cc2ccccc2/C(N(N)CCOCCO)=C(/N)c2ccccc21)NCCCCCCC. The summed E-state index contributed by atoms with van der Waals surface area (Å²) >= 11 is 0. The number of para-hydroxylation sites is 1. The van der Waals surface area contributed by atoms with E-state index in [4.69, 9.17) is 21.4 Å². The van der Waals surface area contributed by atoms with Crippen molar-refractivity contribution in [3.05, 3.63) is 89.8 Å². The number of hydrogen-bond acceptors (Lipinski definition) is 7. The third kappa shape index (κ3) is 8.62. The van der Waals surface area contributed by atoms with Crippen molar-refractivity contribution in [2.75, 3.05) is 37.8 Å². The van der Waals surface area contributed by atoms with E-state index in [1.54, 1.807) is 5.01 Å². The molecule has 1 aliphatic heterocycles. The summed E-state index contributed by atoms with van der Waals surface area (Å²) in [5, 5.41) is 14.2. The molecule has 2 aromatic carbocycles. The molecule has 7 heteroatoms. The molecular weight excluding hydrogens is 486 g/mol. The minimum atomic E-state index is -0.0200. The predicted molar refractivity (Wildman–Crippen MR) is 163 cm³/mol. The summed E-state index contributed by atoms with van der Waals surface area (Å²) in [6.07, 6.45) is 7.93. The van der Waals surface area contributed by atoms with E-state index in [-0.39, 0.29) is 13.2 Å². The third-order valence-electron chi connectivity index (χ3n) is 7.09. The molecule has 0 bridgehead atoms. The summed E-state index contributed by atoms with van der Waals surface area (Å²) in [6, 6.07) is 16.4. The molecule has 0 unspecified atom stereocenters. The zero-order chi connectivity index (χ0) is 28.0. The van der Waals surface area contributed by atoms with Gasteiger partial charge in [-0.3, -0.25) is 0 Å². The van der Waals surface area contributed by atoms with Crippen molar-refractivity contribution in [3.8, 4) is 0 Å². The van der Waals surface area contributed by atoms with Gasteiger partial charge >= 0.3 is 0 Å². The first-order valence-corrected chi connectivity index (χ1v) is 14.2. The summed E-state index contributed by atoms with van der Waals surface area (Å²) in [6.45, 7) is 13.7. The summed E-state index contributed by atoms with van der Waals surface area (Å²) in [5.74, 6) is 6.57. The highest BCUT2D eigenvalue weighted by Gasteiger charge is 2.25. The van der Waals surface area contributed by atoms with Gasteiger partial charge in [0.2, 0.25) is 0 Å². The molecule has 212 valence electrons. The summed E-state index contributed by atoms with van der Waals surface area (Å²) in [4.78, 5) is 2.26. The van der Waals surface area contributed by atoms with E-state index in [2.05, 4.69) is 48.5 Å². The summed E-state index contributed by atoms with van der Waals surface area (Å²) < 4.78 is 5.47. The molecule has 39 heavy (non-hydrogen) atoms. The van der Waals surface area contributed by atoms with Gasteiger partial charge in [0.05, 0.1) is 43.4 Å². The van der Waals surface area contributed by atoms with E-state index in [1.807, 2.05) is 30.3 Å². The van der Waals surface area contributed by atoms with Crippen LogP contribution in [0.25, 0.3) is 11.4 Å². The molecule has 0 aromatic heterocycles. The van der Waals surface area contributed by atoms with E-state index in [0.717, 1.165) is 58.9 Å². The molecule has 6 N–H and O–H groups in total. The smallest absolute Gasteiger partial charge is 0.0830 e. The van der Waals surface area contributed by atoms with Gasteiger partial charge in [0.15, 0.2) is 0 Å². The average molecular weight is 534 g/mol. The van der Waals surface area contributed by atoms with E-state index in [9.17, 15) is 0 Å². The number of aliphatic hydroxyl groups excluding tert-OH is 1. The molecule has 0 radical (unpaired) electrons. The number of unbranched alkanes of at least 4 members (excludes halogenated alkanes) is 4. The molecule has 0 spiro atoms. The Hall–Kier alpha value is -3.26. The first-order valence-electron chi connectivity index (χ1n) is 14.2. The number of aliphatic hydroxyl groups is 1. The Morgan fingerprint density at radius 1 is 1.00 bits per heavy atom. The molecule has 1 heterocycles. The molecule has 1 aliphatic rings. The van der Waals surface area contributed by atoms with Crippen molar-refractivity contribution in [2.24, 2.45) is 11.6 Å². The normalized spacial score (nSPS) is 14.7. The van der Waals surface area contributed by atoms with Crippen LogP contribution in [0, 0.1) is 0 Å². The van der Waals surface area contributed by atoms with Gasteiger partial charge in [-0.15, -0.1) is 0 Å². The van der Waals surface area contributed by atoms with Crippen molar-refractivity contribution < 1.29 is 9.84 Å². The first-order chi connectivity index (χ1) is 19.0. The highest BCUT2D eigenvalue weighted by molar-refractivity contribution is 5.94. The van der Waals surface area contributed by atoms with E-state index >= 15 is 0 Å². The van der Waals surface area contributed by atoms with Crippen LogP contribution in [-0.2, 0) is 11.3 Å². The number of ether oxygens (including phenoxy) is 1. The summed E-state index contributed by atoms with van der Waals surface area (Å²) in [5.41, 5.74) is 14.4. The van der Waals surface area contributed by atoms with Crippen LogP contribution >= 0.6 is 0 Å². The van der Waals surface area contributed by atoms with Crippen LogP contribution in [0.3, 0.4) is 0 Å². The Balaban J connectivity index is 1.80. The highest BCUT2D eigenvalue weighted by atomic mass is 16.5. The highest BCUT2D eigenvalue weighted by Crippen LogP contribution is 2.38. The van der Waals surface area contributed by atoms with E-state index in [1.165, 1.54) is 32.1 Å². The standard InChI is InChI=1S/C32H47N5O2/c1-4-5-6-7-12-19-35-25(2)17-18-26(3)36-24-27-13-8-9-14-28(27)32(37(34)20-22-39-23-21-38)31(33)29-15-10-11-16-30(29)36/h8-11,13-16,35,38H,2-7,12,17-24,33-34H2,1H3/b32-31-. The molecule has 0 saturated carbocycles. The lowest BCUT2D eigenvalue weighted by molar-refractivity contribution is 0.0830. The van der Waals surface area contributed by atoms with Gasteiger partial charge in [0, 0.05) is 35.6 Å². The van der Waals surface area contributed by atoms with Gasteiger partial charge in [-0.25, -0.2) is 5.84 Å². The number of rotatable bonds is 17. The Labute approximate surface area is 234 Å². The van der Waals surface area contributed by atoms with Crippen LogP contribution in [-0.4, -0.2) is 43.0 Å². The number of benzene rings is 2. The number of nitrogens with two attached hydrogens (primary N) is 2. The zero-order valence-corrected chi connectivity index (χ0v) is 23.6. The minimum absolute atomic E-state index is 0.0200. The molecule has 0 saturated heterocycles. The maximum atomic E-state index is 9.02. The molecular formula is C32H47N5O2. The van der Waals surface area contributed by atoms with Gasteiger partial charge in [-0.2, -0.15) is 0 Å². The number of anilines is 1. The van der Waals surface area contributed by atoms with Gasteiger partial charge in [0.25, 0.3) is 0 Å². The second kappa shape index (κ2) is 16.0. The van der Waals surface area contributed by atoms with E-state index < -0.39 is 0 Å². The minimum Gasteiger partial charge on any atom is -0.396 e. The molecule has 0 amide bonds. The number of nitrogens with one attached hydrogen (secondary N) is 1. The first kappa shape index (κ1) is 30.3. The fourth-order valence-electron chi connectivity index (χ4n) is 4.90. The van der Waals surface area contributed by atoms with Gasteiger partial charge in [0.1, 0.15) is 0 Å². The van der Waals surface area contributed by atoms with Gasteiger partial charge in [-0.1, -0.05) is 88.2 Å². The van der Waals surface area contributed by atoms with Gasteiger partial charge in [-0.05, 0) is 30.9 Å². The quantitative estimate of drug-likeness (QED) is 0.124. The molecule has 3 rings (SSSR count). The molecule has 2 aromatic rings. The lowest BCUT2D eigenvalue weighted by Gasteiger charge is -2.35. The van der Waals surface area contributed by atoms with Crippen LogP contribution in [0.15, 0.2) is 73.1 Å². The summed E-state index contributed by atoms with van der Waals surface area (Å²) in [7, 11) is 0. The Morgan fingerprint density at radius 3 is 2.49 bits per heavy atom. The van der Waals surface area contributed by atoms with Crippen molar-refractivity contribution >= 4 is 17.1 Å². The zero-order valence-electron chi connectivity index (χ0n) is 23.6. The van der Waals surface area contributed by atoms with Crippen LogP contribution in [0.2, 0.25) is 0 Å². The number of hydrogen-bond donors (Lipinski definition) is 4. The topological polar surface area (TPSA) is 100 Å². The Bertz CT molecular complexity index is 1110. The van der Waals surface area contributed by atoms with Crippen molar-refractivity contribution in [3.63, 3.8) is 0 Å². The predicted octanol–water partition coefficient (Wildman–Crippen LogP) is 5.34. The monoisotopic (exact) mass is 533 g/mol. The maximum Gasteiger partial charge on any atom is 0.0830 e. The van der Waals surface area contributed by atoms with Crippen molar-refractivity contribution in [1.82, 2.24) is 10.3 Å². The van der Waals surface area contributed by atoms with Crippen molar-refractivity contribution in [1.29, 1.82) is 0 Å². The maximum absolute atomic E-state index is 9.02. The molecule has 0 fully saturated rings. The lowest BCUT2D eigenvalue weighted by Crippen LogP contribution is -2.36. The molecule has 7 nitrogen and oxygen atoms in total. The second-order valence-electron chi connectivity index (χ2n) is 10.1. The number of nitrogens with zero attached hydrogens (tertiary/aromatic N) is 2. The van der Waals surface area contributed by atoms with Crippen molar-refractivity contribution in [2.45, 2.75) is 58.4 Å². The van der Waals surface area contributed by atoms with Crippen LogP contribution in [0.1, 0.15) is 68.6 Å².